The van der Waals surface area contributed by atoms with Gasteiger partial charge in [0.25, 0.3) is 0 Å². The van der Waals surface area contributed by atoms with Crippen molar-refractivity contribution in [2.24, 2.45) is 0 Å². The summed E-state index contributed by atoms with van der Waals surface area (Å²) in [6.45, 7) is 19.1. The van der Waals surface area contributed by atoms with E-state index in [-0.39, 0.29) is 16.2 Å². The Labute approximate surface area is 221 Å². The van der Waals surface area contributed by atoms with Crippen LogP contribution in [0.2, 0.25) is 0 Å². The molecule has 2 aromatic rings. The number of benzene rings is 2. The van der Waals surface area contributed by atoms with Gasteiger partial charge in [-0.2, -0.15) is 0 Å². The molecular weight excluding hydrogens is 434 g/mol. The third kappa shape index (κ3) is 5.36. The predicted octanol–water partition coefficient (Wildman–Crippen LogP) is 10.4. The molecule has 0 radical (unpaired) electrons. The van der Waals surface area contributed by atoms with Gasteiger partial charge in [-0.25, -0.2) is 0 Å². The topological polar surface area (TPSA) is 12.0 Å². The van der Waals surface area contributed by atoms with E-state index in [0.717, 1.165) is 12.8 Å². The predicted molar refractivity (Wildman–Crippen MR) is 159 cm³/mol. The average molecular weight is 484 g/mol. The second kappa shape index (κ2) is 10.2. The molecule has 0 bridgehead atoms. The summed E-state index contributed by atoms with van der Waals surface area (Å²) < 4.78 is 0. The Balaban J connectivity index is 1.78. The fraction of sp³-hybridized carbons (Fsp3) is 0.543. The van der Waals surface area contributed by atoms with E-state index in [2.05, 4.69) is 115 Å². The number of hydrogen-bond donors (Lipinski definition) is 1. The van der Waals surface area contributed by atoms with Crippen molar-refractivity contribution in [3.63, 3.8) is 0 Å². The van der Waals surface area contributed by atoms with E-state index in [9.17, 15) is 0 Å². The van der Waals surface area contributed by atoms with Crippen LogP contribution in [-0.4, -0.2) is 0 Å². The largest absolute Gasteiger partial charge is 0.355 e. The molecule has 4 rings (SSSR count). The van der Waals surface area contributed by atoms with Crippen molar-refractivity contribution in [3.05, 3.63) is 82.5 Å². The van der Waals surface area contributed by atoms with E-state index >= 15 is 0 Å². The summed E-state index contributed by atoms with van der Waals surface area (Å²) in [6.07, 6.45) is 17.5. The summed E-state index contributed by atoms with van der Waals surface area (Å²) in [7, 11) is 0. The summed E-state index contributed by atoms with van der Waals surface area (Å²) in [6, 6.07) is 12.2. The molecule has 0 saturated heterocycles. The highest BCUT2D eigenvalue weighted by Gasteiger charge is 2.38. The molecule has 0 aromatic heterocycles. The monoisotopic (exact) mass is 483 g/mol. The summed E-state index contributed by atoms with van der Waals surface area (Å²) in [5, 5.41) is 3.92. The molecule has 0 spiro atoms. The second-order valence-electron chi connectivity index (χ2n) is 13.2. The van der Waals surface area contributed by atoms with Gasteiger partial charge in [-0.1, -0.05) is 105 Å². The van der Waals surface area contributed by atoms with Crippen LogP contribution in [0.1, 0.15) is 128 Å². The summed E-state index contributed by atoms with van der Waals surface area (Å²) >= 11 is 0. The molecule has 0 fully saturated rings. The number of anilines is 2. The normalized spacial score (nSPS) is 20.3. The number of fused-ring (bicyclic) bond motifs is 1. The zero-order chi connectivity index (χ0) is 26.1. The maximum Gasteiger partial charge on any atom is 0.0426 e. The Morgan fingerprint density at radius 2 is 1.61 bits per heavy atom. The Hall–Kier alpha value is -2.28. The van der Waals surface area contributed by atoms with E-state index in [4.69, 9.17) is 0 Å². The van der Waals surface area contributed by atoms with Crippen LogP contribution < -0.4 is 5.32 Å². The van der Waals surface area contributed by atoms with Crippen molar-refractivity contribution in [1.29, 1.82) is 0 Å². The number of rotatable bonds is 8. The standard InChI is InChI=1S/C35H49N/c1-9-11-19-33(3,4)29-18-17-27(22-25(29)10-2)36-32-24-31-30(34(5,6)20-21-35(31,7)8)23-28(32)26-15-13-12-14-16-26/h12-15,17-18,22-24,26,36H,9-11,16,19-21H2,1-8H3/t26-/m1/s1. The molecule has 0 heterocycles. The zero-order valence-electron chi connectivity index (χ0n) is 24.2. The van der Waals surface area contributed by atoms with Gasteiger partial charge in [-0.15, -0.1) is 0 Å². The van der Waals surface area contributed by atoms with Crippen molar-refractivity contribution >= 4 is 11.4 Å². The second-order valence-corrected chi connectivity index (χ2v) is 13.2. The average Bonchev–Trinajstić information content (AvgIpc) is 2.86. The first-order valence-electron chi connectivity index (χ1n) is 14.4. The first-order chi connectivity index (χ1) is 17.0. The van der Waals surface area contributed by atoms with Gasteiger partial charge < -0.3 is 5.32 Å². The Morgan fingerprint density at radius 3 is 2.22 bits per heavy atom. The number of hydrogen-bond acceptors (Lipinski definition) is 1. The fourth-order valence-electron chi connectivity index (χ4n) is 6.39. The maximum atomic E-state index is 3.92. The van der Waals surface area contributed by atoms with E-state index in [1.165, 1.54) is 65.7 Å². The van der Waals surface area contributed by atoms with Crippen molar-refractivity contribution < 1.29 is 0 Å². The van der Waals surface area contributed by atoms with Crippen LogP contribution in [0, 0.1) is 0 Å². The van der Waals surface area contributed by atoms with Crippen LogP contribution in [0.3, 0.4) is 0 Å². The van der Waals surface area contributed by atoms with Crippen molar-refractivity contribution in [2.75, 3.05) is 5.32 Å². The molecule has 0 aliphatic heterocycles. The molecule has 194 valence electrons. The molecule has 2 aliphatic carbocycles. The van der Waals surface area contributed by atoms with Gasteiger partial charge in [0.1, 0.15) is 0 Å². The molecule has 36 heavy (non-hydrogen) atoms. The zero-order valence-corrected chi connectivity index (χ0v) is 24.2. The van der Waals surface area contributed by atoms with Gasteiger partial charge in [-0.05, 0) is 94.4 Å². The lowest BCUT2D eigenvalue weighted by Crippen LogP contribution is -2.34. The van der Waals surface area contributed by atoms with Crippen LogP contribution in [0.25, 0.3) is 0 Å². The third-order valence-corrected chi connectivity index (χ3v) is 9.05. The van der Waals surface area contributed by atoms with E-state index in [1.807, 2.05) is 0 Å². The number of nitrogens with one attached hydrogen (secondary N) is 1. The van der Waals surface area contributed by atoms with E-state index in [1.54, 1.807) is 5.56 Å². The first-order valence-corrected chi connectivity index (χ1v) is 14.4. The molecule has 2 aliphatic rings. The molecule has 1 heteroatoms. The molecule has 0 amide bonds. The molecule has 1 N–H and O–H groups in total. The summed E-state index contributed by atoms with van der Waals surface area (Å²) in [4.78, 5) is 0. The van der Waals surface area contributed by atoms with Gasteiger partial charge in [0.15, 0.2) is 0 Å². The van der Waals surface area contributed by atoms with Gasteiger partial charge in [-0.3, -0.25) is 0 Å². The quantitative estimate of drug-likeness (QED) is 0.394. The molecule has 1 nitrogen and oxygen atoms in total. The molecule has 0 unspecified atom stereocenters. The lowest BCUT2D eigenvalue weighted by Gasteiger charge is -2.43. The van der Waals surface area contributed by atoms with E-state index < -0.39 is 0 Å². The lowest BCUT2D eigenvalue weighted by atomic mass is 9.62. The molecule has 0 saturated carbocycles. The van der Waals surface area contributed by atoms with Crippen molar-refractivity contribution in [1.82, 2.24) is 0 Å². The molecule has 1 atom stereocenters. The van der Waals surface area contributed by atoms with Crippen LogP contribution in [0.15, 0.2) is 54.6 Å². The van der Waals surface area contributed by atoms with Crippen LogP contribution >= 0.6 is 0 Å². The Kier molecular flexibility index (Phi) is 7.61. The summed E-state index contributed by atoms with van der Waals surface area (Å²) in [5.74, 6) is 0.418. The van der Waals surface area contributed by atoms with Gasteiger partial charge in [0, 0.05) is 17.3 Å². The fourth-order valence-corrected chi connectivity index (χ4v) is 6.39. The van der Waals surface area contributed by atoms with Crippen molar-refractivity contribution in [2.45, 2.75) is 122 Å². The van der Waals surface area contributed by atoms with Crippen LogP contribution in [0.5, 0.6) is 0 Å². The van der Waals surface area contributed by atoms with Crippen molar-refractivity contribution in [3.8, 4) is 0 Å². The van der Waals surface area contributed by atoms with Gasteiger partial charge in [0.05, 0.1) is 0 Å². The Bertz CT molecular complexity index is 1140. The minimum atomic E-state index is 0.198. The Morgan fingerprint density at radius 1 is 0.917 bits per heavy atom. The summed E-state index contributed by atoms with van der Waals surface area (Å²) in [5.41, 5.74) is 10.6. The highest BCUT2D eigenvalue weighted by Crippen LogP contribution is 2.49. The number of allylic oxidation sites excluding steroid dienone is 4. The highest BCUT2D eigenvalue weighted by molar-refractivity contribution is 5.69. The molecular formula is C35H49N. The van der Waals surface area contributed by atoms with E-state index in [0.29, 0.717) is 5.92 Å². The smallest absolute Gasteiger partial charge is 0.0426 e. The van der Waals surface area contributed by atoms with Crippen LogP contribution in [0.4, 0.5) is 11.4 Å². The highest BCUT2D eigenvalue weighted by atomic mass is 14.9. The number of aryl methyl sites for hydroxylation is 1. The van der Waals surface area contributed by atoms with Gasteiger partial charge >= 0.3 is 0 Å². The SMILES string of the molecule is CCCCC(C)(C)c1ccc(Nc2cc3c(cc2[C@@H]2C=CC=CC2)C(C)(C)CCC3(C)C)cc1CC. The lowest BCUT2D eigenvalue weighted by molar-refractivity contribution is 0.331. The minimum Gasteiger partial charge on any atom is -0.355 e. The maximum absolute atomic E-state index is 3.92. The van der Waals surface area contributed by atoms with Gasteiger partial charge in [0.2, 0.25) is 0 Å². The third-order valence-electron chi connectivity index (χ3n) is 9.05. The minimum absolute atomic E-state index is 0.198. The first kappa shape index (κ1) is 26.8. The number of unbranched alkanes of at least 4 members (excludes halogenated alkanes) is 1. The van der Waals surface area contributed by atoms with Crippen LogP contribution in [-0.2, 0) is 22.7 Å². The molecule has 2 aromatic carbocycles.